The second-order valence-corrected chi connectivity index (χ2v) is 4.87. The van der Waals surface area contributed by atoms with Crippen LogP contribution in [0.3, 0.4) is 0 Å². The third kappa shape index (κ3) is 4.23. The summed E-state index contributed by atoms with van der Waals surface area (Å²) in [6.07, 6.45) is 0. The predicted molar refractivity (Wildman–Crippen MR) is 86.4 cm³/mol. The van der Waals surface area contributed by atoms with Crippen LogP contribution in [-0.2, 0) is 9.53 Å². The lowest BCUT2D eigenvalue weighted by Crippen LogP contribution is -2.19. The van der Waals surface area contributed by atoms with Crippen LogP contribution in [0.25, 0.3) is 0 Å². The van der Waals surface area contributed by atoms with Crippen molar-refractivity contribution in [3.05, 3.63) is 59.1 Å². The minimum absolute atomic E-state index is 0.0122. The average Bonchev–Trinajstić information content (AvgIpc) is 2.55. The summed E-state index contributed by atoms with van der Waals surface area (Å²) in [5.41, 5.74) is 1.62. The van der Waals surface area contributed by atoms with Gasteiger partial charge in [0.1, 0.15) is 6.54 Å². The van der Waals surface area contributed by atoms with E-state index in [2.05, 4.69) is 15.4 Å². The third-order valence-electron chi connectivity index (χ3n) is 2.92. The lowest BCUT2D eigenvalue weighted by Gasteiger charge is -2.11. The minimum Gasteiger partial charge on any atom is -0.468 e. The van der Waals surface area contributed by atoms with E-state index in [1.54, 1.807) is 48.5 Å². The van der Waals surface area contributed by atoms with Crippen molar-refractivity contribution in [3.63, 3.8) is 0 Å². The quantitative estimate of drug-likeness (QED) is 0.831. The van der Waals surface area contributed by atoms with Crippen LogP contribution in [0, 0.1) is 0 Å². The van der Waals surface area contributed by atoms with Gasteiger partial charge in [0.15, 0.2) is 0 Å². The predicted octanol–water partition coefficient (Wildman–Crippen LogP) is 3.18. The van der Waals surface area contributed by atoms with Crippen molar-refractivity contribution in [1.29, 1.82) is 0 Å². The molecule has 0 aromatic heterocycles. The number of hydrogen-bond donors (Lipinski definition) is 2. The van der Waals surface area contributed by atoms with Crippen molar-refractivity contribution in [2.75, 3.05) is 24.3 Å². The molecule has 0 aliphatic carbocycles. The number of ether oxygens (including phenoxy) is 1. The number of carbonyl (C=O) groups excluding carboxylic acids is 2. The van der Waals surface area contributed by atoms with Gasteiger partial charge >= 0.3 is 5.97 Å². The normalized spacial score (nSPS) is 9.91. The van der Waals surface area contributed by atoms with Crippen LogP contribution in [0.4, 0.5) is 11.4 Å². The van der Waals surface area contributed by atoms with Crippen molar-refractivity contribution in [1.82, 2.24) is 0 Å². The van der Waals surface area contributed by atoms with Crippen molar-refractivity contribution < 1.29 is 14.3 Å². The lowest BCUT2D eigenvalue weighted by molar-refractivity contribution is -0.138. The zero-order chi connectivity index (χ0) is 15.9. The molecular formula is C16H15ClN2O3. The second kappa shape index (κ2) is 7.47. The zero-order valence-electron chi connectivity index (χ0n) is 11.9. The van der Waals surface area contributed by atoms with E-state index >= 15 is 0 Å². The molecule has 22 heavy (non-hydrogen) atoms. The third-order valence-corrected chi connectivity index (χ3v) is 3.18. The Bertz CT molecular complexity index is 671. The SMILES string of the molecule is COC(=O)CNc1ccccc1C(=O)Nc1ccc(Cl)cc1. The minimum atomic E-state index is -0.409. The Morgan fingerprint density at radius 3 is 2.45 bits per heavy atom. The summed E-state index contributed by atoms with van der Waals surface area (Å²) in [5.74, 6) is -0.691. The molecule has 0 spiro atoms. The summed E-state index contributed by atoms with van der Waals surface area (Å²) < 4.78 is 4.56. The fourth-order valence-electron chi connectivity index (χ4n) is 1.81. The van der Waals surface area contributed by atoms with E-state index in [9.17, 15) is 9.59 Å². The molecule has 5 nitrogen and oxygen atoms in total. The number of nitrogens with one attached hydrogen (secondary N) is 2. The van der Waals surface area contributed by atoms with Crippen LogP contribution < -0.4 is 10.6 Å². The van der Waals surface area contributed by atoms with Gasteiger partial charge in [-0.2, -0.15) is 0 Å². The van der Waals surface area contributed by atoms with Crippen LogP contribution in [0.2, 0.25) is 5.02 Å². The molecule has 1 amide bonds. The highest BCUT2D eigenvalue weighted by atomic mass is 35.5. The van der Waals surface area contributed by atoms with Crippen LogP contribution in [-0.4, -0.2) is 25.5 Å². The molecule has 0 saturated carbocycles. The number of anilines is 2. The molecule has 0 aliphatic heterocycles. The van der Waals surface area contributed by atoms with Crippen LogP contribution in [0.15, 0.2) is 48.5 Å². The first-order chi connectivity index (χ1) is 10.6. The number of benzene rings is 2. The maximum Gasteiger partial charge on any atom is 0.325 e. The number of esters is 1. The number of para-hydroxylation sites is 1. The van der Waals surface area contributed by atoms with Gasteiger partial charge in [-0.25, -0.2) is 0 Å². The van der Waals surface area contributed by atoms with Gasteiger partial charge in [0, 0.05) is 16.4 Å². The van der Waals surface area contributed by atoms with Crippen molar-refractivity contribution in [3.8, 4) is 0 Å². The van der Waals surface area contributed by atoms with Gasteiger partial charge in [-0.1, -0.05) is 23.7 Å². The molecule has 0 heterocycles. The Balaban J connectivity index is 2.11. The Morgan fingerprint density at radius 1 is 1.09 bits per heavy atom. The Morgan fingerprint density at radius 2 is 1.77 bits per heavy atom. The second-order valence-electron chi connectivity index (χ2n) is 4.44. The summed E-state index contributed by atoms with van der Waals surface area (Å²) in [7, 11) is 1.31. The number of rotatable bonds is 5. The summed E-state index contributed by atoms with van der Waals surface area (Å²) in [4.78, 5) is 23.5. The van der Waals surface area contributed by atoms with Crippen molar-refractivity contribution >= 4 is 34.9 Å². The highest BCUT2D eigenvalue weighted by Crippen LogP contribution is 2.18. The molecular weight excluding hydrogens is 304 g/mol. The Kier molecular flexibility index (Phi) is 5.38. The molecule has 6 heteroatoms. The molecule has 0 radical (unpaired) electrons. The van der Waals surface area contributed by atoms with Gasteiger partial charge in [0.05, 0.1) is 12.7 Å². The molecule has 2 rings (SSSR count). The Hall–Kier alpha value is -2.53. The largest absolute Gasteiger partial charge is 0.468 e. The number of amides is 1. The van der Waals surface area contributed by atoms with Gasteiger partial charge in [0.2, 0.25) is 0 Å². The van der Waals surface area contributed by atoms with Gasteiger partial charge in [0.25, 0.3) is 5.91 Å². The van der Waals surface area contributed by atoms with E-state index in [1.807, 2.05) is 0 Å². The van der Waals surface area contributed by atoms with Crippen LogP contribution in [0.5, 0.6) is 0 Å². The first-order valence-corrected chi connectivity index (χ1v) is 6.94. The van der Waals surface area contributed by atoms with Gasteiger partial charge in [-0.15, -0.1) is 0 Å². The van der Waals surface area contributed by atoms with Crippen molar-refractivity contribution in [2.45, 2.75) is 0 Å². The molecule has 0 saturated heterocycles. The smallest absolute Gasteiger partial charge is 0.325 e. The molecule has 0 fully saturated rings. The molecule has 114 valence electrons. The van der Waals surface area contributed by atoms with Gasteiger partial charge < -0.3 is 15.4 Å². The maximum absolute atomic E-state index is 12.3. The number of methoxy groups -OCH3 is 1. The topological polar surface area (TPSA) is 67.4 Å². The molecule has 0 aliphatic rings. The monoisotopic (exact) mass is 318 g/mol. The van der Waals surface area contributed by atoms with E-state index in [-0.39, 0.29) is 12.5 Å². The standard InChI is InChI=1S/C16H15ClN2O3/c1-22-15(20)10-18-14-5-3-2-4-13(14)16(21)19-12-8-6-11(17)7-9-12/h2-9,18H,10H2,1H3,(H,19,21). The number of carbonyl (C=O) groups is 2. The number of halogens is 1. The van der Waals surface area contributed by atoms with Gasteiger partial charge in [-0.05, 0) is 36.4 Å². The van der Waals surface area contributed by atoms with Crippen LogP contribution in [0.1, 0.15) is 10.4 Å². The Labute approximate surface area is 133 Å². The summed E-state index contributed by atoms with van der Waals surface area (Å²) in [6, 6.07) is 13.7. The zero-order valence-corrected chi connectivity index (χ0v) is 12.7. The molecule has 2 N–H and O–H groups in total. The molecule has 2 aromatic rings. The maximum atomic E-state index is 12.3. The fourth-order valence-corrected chi connectivity index (χ4v) is 1.93. The molecule has 2 aromatic carbocycles. The first-order valence-electron chi connectivity index (χ1n) is 6.57. The van der Waals surface area contributed by atoms with Crippen LogP contribution >= 0.6 is 11.6 Å². The summed E-state index contributed by atoms with van der Waals surface area (Å²) in [5, 5.41) is 6.25. The van der Waals surface area contributed by atoms with Crippen molar-refractivity contribution in [2.24, 2.45) is 0 Å². The van der Waals surface area contributed by atoms with E-state index in [1.165, 1.54) is 7.11 Å². The average molecular weight is 319 g/mol. The first kappa shape index (κ1) is 15.9. The van der Waals surface area contributed by atoms with E-state index in [4.69, 9.17) is 11.6 Å². The highest BCUT2D eigenvalue weighted by molar-refractivity contribution is 6.30. The number of hydrogen-bond acceptors (Lipinski definition) is 4. The highest BCUT2D eigenvalue weighted by Gasteiger charge is 2.12. The fraction of sp³-hybridized carbons (Fsp3) is 0.125. The lowest BCUT2D eigenvalue weighted by atomic mass is 10.1. The van der Waals surface area contributed by atoms with E-state index in [0.29, 0.717) is 22.0 Å². The summed E-state index contributed by atoms with van der Waals surface area (Å²) in [6.45, 7) is -0.0122. The molecule has 0 unspecified atom stereocenters. The van der Waals surface area contributed by atoms with E-state index in [0.717, 1.165) is 0 Å². The molecule has 0 atom stereocenters. The summed E-state index contributed by atoms with van der Waals surface area (Å²) >= 11 is 5.81. The molecule has 0 bridgehead atoms. The van der Waals surface area contributed by atoms with Gasteiger partial charge in [-0.3, -0.25) is 9.59 Å². The van der Waals surface area contributed by atoms with E-state index < -0.39 is 5.97 Å².